The minimum absolute atomic E-state index is 0.468. The Balaban J connectivity index is 1.62. The van der Waals surface area contributed by atoms with Crippen LogP contribution in [-0.4, -0.2) is 52.5 Å². The van der Waals surface area contributed by atoms with Crippen LogP contribution in [0.25, 0.3) is 11.5 Å². The topological polar surface area (TPSA) is 71.4 Å². The van der Waals surface area contributed by atoms with Gasteiger partial charge in [-0.05, 0) is 12.8 Å². The fourth-order valence-corrected chi connectivity index (χ4v) is 2.90. The molecule has 0 N–H and O–H groups in total. The number of piperidine rings is 1. The minimum atomic E-state index is 0.468. The summed E-state index contributed by atoms with van der Waals surface area (Å²) in [6, 6.07) is 1.14. The number of rotatable bonds is 2. The number of hydrogen-bond acceptors (Lipinski definition) is 7. The monoisotopic (exact) mass is 261 g/mol. The summed E-state index contributed by atoms with van der Waals surface area (Å²) in [4.78, 5) is 4.74. The molecule has 3 fully saturated rings. The first kappa shape index (κ1) is 11.0. The van der Waals surface area contributed by atoms with Gasteiger partial charge in [0.15, 0.2) is 0 Å². The normalized spacial score (nSPS) is 26.6. The molecule has 2 aromatic rings. The number of hydrogen-bond donors (Lipinski definition) is 0. The summed E-state index contributed by atoms with van der Waals surface area (Å²) in [5, 5.41) is 11.9. The van der Waals surface area contributed by atoms with Crippen LogP contribution in [0, 0.1) is 0 Å². The second-order valence-electron chi connectivity index (χ2n) is 5.07. The van der Waals surface area contributed by atoms with Gasteiger partial charge in [-0.1, -0.05) is 10.3 Å². The molecule has 19 heavy (non-hydrogen) atoms. The molecule has 5 heterocycles. The Labute approximate surface area is 110 Å². The van der Waals surface area contributed by atoms with E-state index in [0.717, 1.165) is 18.7 Å². The van der Waals surface area contributed by atoms with Crippen molar-refractivity contribution in [3.63, 3.8) is 0 Å². The maximum atomic E-state index is 5.76. The molecule has 2 bridgehead atoms. The van der Waals surface area contributed by atoms with Gasteiger partial charge in [-0.25, -0.2) is 0 Å². The molecule has 100 valence electrons. The Morgan fingerprint density at radius 2 is 2.00 bits per heavy atom. The maximum absolute atomic E-state index is 5.76. The molecule has 0 aliphatic carbocycles. The van der Waals surface area contributed by atoms with Gasteiger partial charge in [-0.2, -0.15) is 0 Å². The average molecular weight is 261 g/mol. The zero-order valence-electron chi connectivity index (χ0n) is 10.5. The van der Waals surface area contributed by atoms with Crippen LogP contribution in [0.1, 0.15) is 12.8 Å². The molecule has 0 atom stereocenters. The van der Waals surface area contributed by atoms with E-state index in [1.165, 1.54) is 32.2 Å². The smallest absolute Gasteiger partial charge is 0.318 e. The van der Waals surface area contributed by atoms with Crippen molar-refractivity contribution in [1.82, 2.24) is 20.3 Å². The molecule has 5 rings (SSSR count). The van der Waals surface area contributed by atoms with E-state index in [1.54, 1.807) is 6.20 Å². The lowest BCUT2D eigenvalue weighted by Crippen LogP contribution is -2.38. The van der Waals surface area contributed by atoms with Gasteiger partial charge < -0.3 is 18.7 Å². The van der Waals surface area contributed by atoms with E-state index in [0.29, 0.717) is 17.9 Å². The van der Waals surface area contributed by atoms with Gasteiger partial charge >= 0.3 is 6.01 Å². The molecule has 7 nitrogen and oxygen atoms in total. The molecule has 0 unspecified atom stereocenters. The van der Waals surface area contributed by atoms with Crippen LogP contribution in [0.2, 0.25) is 0 Å². The van der Waals surface area contributed by atoms with Crippen LogP contribution in [-0.2, 0) is 0 Å². The summed E-state index contributed by atoms with van der Waals surface area (Å²) in [6.45, 7) is 4.37. The van der Waals surface area contributed by atoms with Crippen LogP contribution < -0.4 is 4.90 Å². The van der Waals surface area contributed by atoms with Crippen LogP contribution >= 0.6 is 0 Å². The Hall–Kier alpha value is -1.89. The van der Waals surface area contributed by atoms with Crippen molar-refractivity contribution in [2.45, 2.75) is 18.9 Å². The van der Waals surface area contributed by atoms with Gasteiger partial charge in [-0.15, -0.1) is 5.10 Å². The molecule has 0 amide bonds. The van der Waals surface area contributed by atoms with E-state index < -0.39 is 0 Å². The van der Waals surface area contributed by atoms with Gasteiger partial charge in [0.05, 0.1) is 11.8 Å². The Morgan fingerprint density at radius 3 is 2.79 bits per heavy atom. The number of anilines is 1. The summed E-state index contributed by atoms with van der Waals surface area (Å²) in [7, 11) is 0. The van der Waals surface area contributed by atoms with E-state index in [1.807, 2.05) is 0 Å². The SMILES string of the molecule is c1nocc1-c1nnc(N2CCN3CCC2CC3)o1. The van der Waals surface area contributed by atoms with Gasteiger partial charge in [0.1, 0.15) is 6.26 Å². The largest absolute Gasteiger partial charge is 0.403 e. The summed E-state index contributed by atoms with van der Waals surface area (Å²) < 4.78 is 10.6. The van der Waals surface area contributed by atoms with Gasteiger partial charge in [0, 0.05) is 32.2 Å². The molecule has 0 radical (unpaired) electrons. The Bertz CT molecular complexity index is 544. The average Bonchev–Trinajstić information content (AvgIpc) is 3.05. The lowest BCUT2D eigenvalue weighted by molar-refractivity contribution is 0.249. The van der Waals surface area contributed by atoms with E-state index in [-0.39, 0.29) is 0 Å². The first-order valence-electron chi connectivity index (χ1n) is 6.62. The number of fused-ring (bicyclic) bond motifs is 4. The summed E-state index contributed by atoms with van der Waals surface area (Å²) in [5.41, 5.74) is 0.724. The minimum Gasteiger partial charge on any atom is -0.403 e. The Morgan fingerprint density at radius 1 is 1.11 bits per heavy atom. The molecule has 0 saturated carbocycles. The molecular weight excluding hydrogens is 246 g/mol. The van der Waals surface area contributed by atoms with E-state index in [4.69, 9.17) is 8.94 Å². The highest BCUT2D eigenvalue weighted by Crippen LogP contribution is 2.28. The highest BCUT2D eigenvalue weighted by molar-refractivity contribution is 5.49. The quantitative estimate of drug-likeness (QED) is 0.798. The third-order valence-electron chi connectivity index (χ3n) is 3.99. The van der Waals surface area contributed by atoms with E-state index in [9.17, 15) is 0 Å². The second kappa shape index (κ2) is 4.34. The summed E-state index contributed by atoms with van der Waals surface area (Å²) >= 11 is 0. The molecule has 3 saturated heterocycles. The van der Waals surface area contributed by atoms with Crippen LogP contribution in [0.5, 0.6) is 0 Å². The third kappa shape index (κ3) is 1.90. The number of nitrogens with zero attached hydrogens (tertiary/aromatic N) is 5. The fraction of sp³-hybridized carbons (Fsp3) is 0.583. The van der Waals surface area contributed by atoms with Crippen molar-refractivity contribution < 1.29 is 8.94 Å². The standard InChI is InChI=1S/C12H15N5O2/c1-3-16-4-2-10(1)17(6-5-16)12-15-14-11(19-12)9-7-13-18-8-9/h7-8,10H,1-6H2. The van der Waals surface area contributed by atoms with Gasteiger partial charge in [0.25, 0.3) is 5.89 Å². The second-order valence-corrected chi connectivity index (χ2v) is 5.07. The van der Waals surface area contributed by atoms with E-state index >= 15 is 0 Å². The number of aromatic nitrogens is 3. The first-order valence-corrected chi connectivity index (χ1v) is 6.62. The van der Waals surface area contributed by atoms with Crippen molar-refractivity contribution in [3.05, 3.63) is 12.5 Å². The third-order valence-corrected chi connectivity index (χ3v) is 3.99. The van der Waals surface area contributed by atoms with Crippen LogP contribution in [0.4, 0.5) is 6.01 Å². The molecule has 3 aliphatic rings. The summed E-state index contributed by atoms with van der Waals surface area (Å²) in [5.74, 6) is 0.468. The summed E-state index contributed by atoms with van der Waals surface area (Å²) in [6.07, 6.45) is 5.43. The fourth-order valence-electron chi connectivity index (χ4n) is 2.90. The zero-order valence-corrected chi connectivity index (χ0v) is 10.5. The van der Waals surface area contributed by atoms with Crippen molar-refractivity contribution in [1.29, 1.82) is 0 Å². The predicted molar refractivity (Wildman–Crippen MR) is 66.6 cm³/mol. The van der Waals surface area contributed by atoms with Crippen molar-refractivity contribution in [3.8, 4) is 11.5 Å². The highest BCUT2D eigenvalue weighted by atomic mass is 16.5. The predicted octanol–water partition coefficient (Wildman–Crippen LogP) is 1.01. The molecule has 2 aromatic heterocycles. The molecule has 0 spiro atoms. The van der Waals surface area contributed by atoms with Crippen molar-refractivity contribution in [2.24, 2.45) is 0 Å². The van der Waals surface area contributed by atoms with Crippen molar-refractivity contribution in [2.75, 3.05) is 31.1 Å². The zero-order chi connectivity index (χ0) is 12.7. The van der Waals surface area contributed by atoms with Gasteiger partial charge in [0.2, 0.25) is 0 Å². The van der Waals surface area contributed by atoms with Gasteiger partial charge in [-0.3, -0.25) is 0 Å². The molecular formula is C12H15N5O2. The highest BCUT2D eigenvalue weighted by Gasteiger charge is 2.31. The molecule has 7 heteroatoms. The van der Waals surface area contributed by atoms with Crippen LogP contribution in [0.15, 0.2) is 21.4 Å². The first-order chi connectivity index (χ1) is 9.40. The lowest BCUT2D eigenvalue weighted by atomic mass is 10.1. The van der Waals surface area contributed by atoms with Crippen molar-refractivity contribution >= 4 is 6.01 Å². The van der Waals surface area contributed by atoms with Crippen LogP contribution in [0.3, 0.4) is 0 Å². The Kier molecular flexibility index (Phi) is 2.51. The van der Waals surface area contributed by atoms with E-state index in [2.05, 4.69) is 25.2 Å². The maximum Gasteiger partial charge on any atom is 0.318 e. The lowest BCUT2D eigenvalue weighted by Gasteiger charge is -2.29. The molecule has 3 aliphatic heterocycles. The molecule has 0 aromatic carbocycles.